The molecule has 0 atom stereocenters. The van der Waals surface area contributed by atoms with Gasteiger partial charge in [0.15, 0.2) is 5.82 Å². The average Bonchev–Trinajstić information content (AvgIpc) is 3.16. The van der Waals surface area contributed by atoms with Gasteiger partial charge in [0.2, 0.25) is 0 Å². The van der Waals surface area contributed by atoms with Crippen LogP contribution in [0.25, 0.3) is 11.5 Å². The number of rotatable bonds is 3. The summed E-state index contributed by atoms with van der Waals surface area (Å²) >= 11 is 5.87. The van der Waals surface area contributed by atoms with E-state index in [0.717, 1.165) is 24.8 Å². The number of hydrogen-bond acceptors (Lipinski definition) is 5. The van der Waals surface area contributed by atoms with Gasteiger partial charge >= 0.3 is 6.03 Å². The van der Waals surface area contributed by atoms with Crippen molar-refractivity contribution in [1.82, 2.24) is 20.4 Å². The summed E-state index contributed by atoms with van der Waals surface area (Å²) in [4.78, 5) is 30.5. The maximum absolute atomic E-state index is 12.8. The van der Waals surface area contributed by atoms with E-state index in [-0.39, 0.29) is 18.5 Å². The Hall–Kier alpha value is -2.41. The van der Waals surface area contributed by atoms with Crippen molar-refractivity contribution < 1.29 is 14.1 Å². The van der Waals surface area contributed by atoms with Crippen LogP contribution in [0.4, 0.5) is 4.79 Å². The van der Waals surface area contributed by atoms with Crippen LogP contribution in [-0.4, -0.2) is 32.5 Å². The van der Waals surface area contributed by atoms with Gasteiger partial charge in [-0.25, -0.2) is 4.79 Å². The monoisotopic (exact) mass is 360 g/mol. The highest BCUT2D eigenvalue weighted by Gasteiger charge is 2.51. The number of nitrogens with zero attached hydrogens (tertiary/aromatic N) is 3. The molecular formula is C17H17ClN4O3. The maximum Gasteiger partial charge on any atom is 0.325 e. The predicted molar refractivity (Wildman–Crippen MR) is 89.6 cm³/mol. The lowest BCUT2D eigenvalue weighted by atomic mass is 9.82. The zero-order valence-electron chi connectivity index (χ0n) is 13.5. The topological polar surface area (TPSA) is 88.3 Å². The molecule has 130 valence electrons. The lowest BCUT2D eigenvalue weighted by Gasteiger charge is -2.30. The van der Waals surface area contributed by atoms with E-state index in [0.29, 0.717) is 29.6 Å². The van der Waals surface area contributed by atoms with Crippen LogP contribution in [0.5, 0.6) is 0 Å². The normalized spacial score (nSPS) is 19.5. The number of urea groups is 1. The minimum atomic E-state index is -0.738. The van der Waals surface area contributed by atoms with Crippen LogP contribution in [0.15, 0.2) is 28.8 Å². The summed E-state index contributed by atoms with van der Waals surface area (Å²) in [5.74, 6) is 0.433. The Morgan fingerprint density at radius 3 is 2.60 bits per heavy atom. The standard InChI is InChI=1S/C17H17ClN4O3/c18-12-6-4-11(5-7-12)14-19-13(21-25-14)10-22-15(23)17(20-16(22)24)8-2-1-3-9-17/h4-7H,1-3,8-10H2,(H,20,24). The Morgan fingerprint density at radius 1 is 1.16 bits per heavy atom. The molecule has 2 fully saturated rings. The number of amides is 3. The van der Waals surface area contributed by atoms with Crippen LogP contribution in [0.3, 0.4) is 0 Å². The number of imide groups is 1. The van der Waals surface area contributed by atoms with Gasteiger partial charge in [-0.2, -0.15) is 4.98 Å². The van der Waals surface area contributed by atoms with Crippen molar-refractivity contribution in [3.8, 4) is 11.5 Å². The molecule has 1 aromatic heterocycles. The van der Waals surface area contributed by atoms with Crippen molar-refractivity contribution in [1.29, 1.82) is 0 Å². The Bertz CT molecular complexity index is 812. The Labute approximate surface area is 149 Å². The molecule has 1 spiro atoms. The minimum absolute atomic E-state index is 0.00348. The van der Waals surface area contributed by atoms with Gasteiger partial charge in [-0.15, -0.1) is 0 Å². The molecule has 1 saturated heterocycles. The van der Waals surface area contributed by atoms with Crippen LogP contribution >= 0.6 is 11.6 Å². The summed E-state index contributed by atoms with van der Waals surface area (Å²) < 4.78 is 5.23. The van der Waals surface area contributed by atoms with Crippen LogP contribution in [-0.2, 0) is 11.3 Å². The summed E-state index contributed by atoms with van der Waals surface area (Å²) in [5, 5.41) is 7.37. The minimum Gasteiger partial charge on any atom is -0.334 e. The van der Waals surface area contributed by atoms with Crippen LogP contribution < -0.4 is 5.32 Å². The zero-order chi connectivity index (χ0) is 17.4. The van der Waals surface area contributed by atoms with Gasteiger partial charge < -0.3 is 9.84 Å². The molecule has 1 saturated carbocycles. The summed E-state index contributed by atoms with van der Waals surface area (Å²) in [6.07, 6.45) is 4.37. The van der Waals surface area contributed by atoms with Crippen molar-refractivity contribution >= 4 is 23.5 Å². The molecule has 1 aliphatic heterocycles. The van der Waals surface area contributed by atoms with E-state index in [1.807, 2.05) is 0 Å². The van der Waals surface area contributed by atoms with E-state index in [2.05, 4.69) is 15.5 Å². The number of carbonyl (C=O) groups excluding carboxylic acids is 2. The van der Waals surface area contributed by atoms with Crippen molar-refractivity contribution in [3.05, 3.63) is 35.1 Å². The van der Waals surface area contributed by atoms with Gasteiger partial charge in [0.25, 0.3) is 11.8 Å². The molecule has 7 nitrogen and oxygen atoms in total. The molecule has 25 heavy (non-hydrogen) atoms. The van der Waals surface area contributed by atoms with Gasteiger partial charge in [0.05, 0.1) is 6.54 Å². The fourth-order valence-corrected chi connectivity index (χ4v) is 3.61. The first-order chi connectivity index (χ1) is 12.1. The number of aromatic nitrogens is 2. The molecule has 3 amide bonds. The third kappa shape index (κ3) is 2.89. The molecule has 8 heteroatoms. The molecule has 2 aliphatic rings. The van der Waals surface area contributed by atoms with Crippen LogP contribution in [0.2, 0.25) is 5.02 Å². The first-order valence-corrected chi connectivity index (χ1v) is 8.68. The lowest BCUT2D eigenvalue weighted by molar-refractivity contribution is -0.132. The number of carbonyl (C=O) groups is 2. The van der Waals surface area contributed by atoms with E-state index in [9.17, 15) is 9.59 Å². The van der Waals surface area contributed by atoms with Crippen molar-refractivity contribution in [2.75, 3.05) is 0 Å². The molecule has 0 bridgehead atoms. The maximum atomic E-state index is 12.8. The van der Waals surface area contributed by atoms with Crippen molar-refractivity contribution in [2.24, 2.45) is 0 Å². The van der Waals surface area contributed by atoms with Gasteiger partial charge in [-0.05, 0) is 37.1 Å². The van der Waals surface area contributed by atoms with Crippen LogP contribution in [0, 0.1) is 0 Å². The number of halogens is 1. The Balaban J connectivity index is 1.51. The number of hydrogen-bond donors (Lipinski definition) is 1. The first kappa shape index (κ1) is 16.1. The van der Waals surface area contributed by atoms with Gasteiger partial charge in [-0.1, -0.05) is 36.0 Å². The molecule has 0 radical (unpaired) electrons. The molecule has 1 aromatic carbocycles. The number of nitrogens with one attached hydrogen (secondary N) is 1. The molecule has 1 aliphatic carbocycles. The van der Waals surface area contributed by atoms with E-state index < -0.39 is 5.54 Å². The molecule has 1 N–H and O–H groups in total. The van der Waals surface area contributed by atoms with Gasteiger partial charge in [0, 0.05) is 10.6 Å². The summed E-state index contributed by atoms with van der Waals surface area (Å²) in [5.41, 5.74) is -0.0120. The largest absolute Gasteiger partial charge is 0.334 e. The lowest BCUT2D eigenvalue weighted by Crippen LogP contribution is -2.48. The molecular weight excluding hydrogens is 344 g/mol. The van der Waals surface area contributed by atoms with E-state index in [4.69, 9.17) is 16.1 Å². The zero-order valence-corrected chi connectivity index (χ0v) is 14.3. The van der Waals surface area contributed by atoms with Crippen molar-refractivity contribution in [3.63, 3.8) is 0 Å². The highest BCUT2D eigenvalue weighted by Crippen LogP contribution is 2.34. The SMILES string of the molecule is O=C1NC2(CCCCC2)C(=O)N1Cc1noc(-c2ccc(Cl)cc2)n1. The fraction of sp³-hybridized carbons (Fsp3) is 0.412. The fourth-order valence-electron chi connectivity index (χ4n) is 3.48. The molecule has 0 unspecified atom stereocenters. The summed E-state index contributed by atoms with van der Waals surface area (Å²) in [6.45, 7) is 0.00348. The Morgan fingerprint density at radius 2 is 1.88 bits per heavy atom. The molecule has 2 heterocycles. The predicted octanol–water partition coefficient (Wildman–Crippen LogP) is 3.14. The second-order valence-corrected chi connectivity index (χ2v) is 6.92. The number of benzene rings is 1. The Kier molecular flexibility index (Phi) is 3.95. The summed E-state index contributed by atoms with van der Waals surface area (Å²) in [7, 11) is 0. The quantitative estimate of drug-likeness (QED) is 0.849. The van der Waals surface area contributed by atoms with E-state index >= 15 is 0 Å². The first-order valence-electron chi connectivity index (χ1n) is 8.30. The third-order valence-electron chi connectivity index (χ3n) is 4.81. The highest BCUT2D eigenvalue weighted by atomic mass is 35.5. The van der Waals surface area contributed by atoms with Gasteiger partial charge in [-0.3, -0.25) is 9.69 Å². The second-order valence-electron chi connectivity index (χ2n) is 6.49. The van der Waals surface area contributed by atoms with Crippen molar-refractivity contribution in [2.45, 2.75) is 44.2 Å². The van der Waals surface area contributed by atoms with E-state index in [1.165, 1.54) is 4.90 Å². The summed E-state index contributed by atoms with van der Waals surface area (Å²) in [6, 6.07) is 6.61. The third-order valence-corrected chi connectivity index (χ3v) is 5.06. The van der Waals surface area contributed by atoms with Crippen LogP contribution in [0.1, 0.15) is 37.9 Å². The smallest absolute Gasteiger partial charge is 0.325 e. The second kappa shape index (κ2) is 6.15. The molecule has 2 aromatic rings. The van der Waals surface area contributed by atoms with E-state index in [1.54, 1.807) is 24.3 Å². The van der Waals surface area contributed by atoms with Gasteiger partial charge in [0.1, 0.15) is 5.54 Å². The highest BCUT2D eigenvalue weighted by molar-refractivity contribution is 6.30. The average molecular weight is 361 g/mol. The molecule has 4 rings (SSSR count).